The van der Waals surface area contributed by atoms with Crippen LogP contribution in [0, 0.1) is 19.7 Å². The van der Waals surface area contributed by atoms with E-state index >= 15 is 0 Å². The molecule has 4 N–H and O–H groups in total. The van der Waals surface area contributed by atoms with Crippen LogP contribution >= 0.6 is 0 Å². The third kappa shape index (κ3) is 2.17. The van der Waals surface area contributed by atoms with Crippen LogP contribution in [0.3, 0.4) is 0 Å². The molecule has 0 saturated heterocycles. The Bertz CT molecular complexity index is 606. The number of aryl methyl sites for hydroxylation is 2. The maximum absolute atomic E-state index is 13.1. The minimum atomic E-state index is -0.461. The molecule has 1 amide bonds. The van der Waals surface area contributed by atoms with Gasteiger partial charge in [-0.05, 0) is 31.5 Å². The van der Waals surface area contributed by atoms with Crippen molar-refractivity contribution >= 4 is 17.4 Å². The molecule has 0 aliphatic heterocycles. The van der Waals surface area contributed by atoms with Crippen LogP contribution in [-0.4, -0.2) is 16.1 Å². The first kappa shape index (κ1) is 12.1. The highest BCUT2D eigenvalue weighted by Gasteiger charge is 2.14. The van der Waals surface area contributed by atoms with Crippen LogP contribution in [0.4, 0.5) is 15.9 Å². The van der Waals surface area contributed by atoms with E-state index in [1.54, 1.807) is 19.9 Å². The van der Waals surface area contributed by atoms with Crippen molar-refractivity contribution in [2.24, 2.45) is 0 Å². The van der Waals surface area contributed by atoms with Crippen molar-refractivity contribution in [3.05, 3.63) is 40.8 Å². The fourth-order valence-corrected chi connectivity index (χ4v) is 1.55. The third-order valence-corrected chi connectivity index (χ3v) is 2.67. The molecule has 0 aliphatic rings. The number of amides is 1. The van der Waals surface area contributed by atoms with E-state index in [4.69, 9.17) is 5.73 Å². The highest BCUT2D eigenvalue weighted by atomic mass is 19.1. The lowest BCUT2D eigenvalue weighted by atomic mass is 10.1. The minimum absolute atomic E-state index is 0.251. The number of benzene rings is 1. The second-order valence-corrected chi connectivity index (χ2v) is 4.02. The Hall–Kier alpha value is -2.37. The smallest absolute Gasteiger partial charge is 0.257 e. The highest BCUT2D eigenvalue weighted by Crippen LogP contribution is 2.19. The first-order valence-electron chi connectivity index (χ1n) is 5.37. The van der Waals surface area contributed by atoms with Crippen LogP contribution in [0.15, 0.2) is 18.2 Å². The fourth-order valence-electron chi connectivity index (χ4n) is 1.55. The molecule has 94 valence electrons. The molecule has 0 bridgehead atoms. The molecule has 0 aliphatic carbocycles. The van der Waals surface area contributed by atoms with E-state index in [1.807, 2.05) is 0 Å². The van der Waals surface area contributed by atoms with Gasteiger partial charge in [0.15, 0.2) is 5.82 Å². The number of nitrogen functional groups attached to an aromatic ring is 1. The van der Waals surface area contributed by atoms with Crippen molar-refractivity contribution in [1.29, 1.82) is 0 Å². The van der Waals surface area contributed by atoms with E-state index in [2.05, 4.69) is 15.5 Å². The minimum Gasteiger partial charge on any atom is -0.394 e. The predicted octanol–water partition coefficient (Wildman–Crippen LogP) is 2.00. The van der Waals surface area contributed by atoms with Gasteiger partial charge in [0.05, 0.1) is 11.4 Å². The average Bonchev–Trinajstić information content (AvgIpc) is 2.64. The third-order valence-electron chi connectivity index (χ3n) is 2.67. The summed E-state index contributed by atoms with van der Waals surface area (Å²) in [6, 6.07) is 4.03. The van der Waals surface area contributed by atoms with Crippen molar-refractivity contribution < 1.29 is 9.18 Å². The molecule has 0 saturated carbocycles. The number of anilines is 2. The van der Waals surface area contributed by atoms with Gasteiger partial charge in [-0.25, -0.2) is 4.39 Å². The molecule has 1 aromatic heterocycles. The summed E-state index contributed by atoms with van der Waals surface area (Å²) in [6.07, 6.45) is 0. The molecule has 2 aromatic rings. The van der Waals surface area contributed by atoms with Gasteiger partial charge >= 0.3 is 0 Å². The Morgan fingerprint density at radius 2 is 2.17 bits per heavy atom. The number of halogens is 1. The van der Waals surface area contributed by atoms with Crippen molar-refractivity contribution in [2.75, 3.05) is 11.1 Å². The Morgan fingerprint density at radius 3 is 2.78 bits per heavy atom. The lowest BCUT2D eigenvalue weighted by molar-refractivity contribution is 0.102. The maximum atomic E-state index is 13.1. The molecular weight excluding hydrogens is 235 g/mol. The zero-order valence-electron chi connectivity index (χ0n) is 10.0. The predicted molar refractivity (Wildman–Crippen MR) is 66.8 cm³/mol. The first-order chi connectivity index (χ1) is 8.49. The average molecular weight is 248 g/mol. The molecule has 6 heteroatoms. The van der Waals surface area contributed by atoms with Crippen molar-refractivity contribution in [1.82, 2.24) is 10.2 Å². The van der Waals surface area contributed by atoms with Gasteiger partial charge in [-0.15, -0.1) is 0 Å². The van der Waals surface area contributed by atoms with Crippen molar-refractivity contribution in [3.63, 3.8) is 0 Å². The van der Waals surface area contributed by atoms with E-state index in [9.17, 15) is 9.18 Å². The van der Waals surface area contributed by atoms with Gasteiger partial charge in [0, 0.05) is 5.56 Å². The van der Waals surface area contributed by atoms with Gasteiger partial charge in [-0.3, -0.25) is 9.89 Å². The lowest BCUT2D eigenvalue weighted by Gasteiger charge is -2.06. The number of hydrogen-bond donors (Lipinski definition) is 3. The number of nitrogens with two attached hydrogens (primary N) is 1. The molecule has 2 rings (SSSR count). The van der Waals surface area contributed by atoms with Gasteiger partial charge in [-0.1, -0.05) is 6.07 Å². The van der Waals surface area contributed by atoms with Crippen LogP contribution in [0.5, 0.6) is 0 Å². The summed E-state index contributed by atoms with van der Waals surface area (Å²) in [4.78, 5) is 12.0. The largest absolute Gasteiger partial charge is 0.394 e. The Kier molecular flexibility index (Phi) is 3.01. The molecule has 0 atom stereocenters. The highest BCUT2D eigenvalue weighted by molar-refractivity contribution is 6.06. The second-order valence-electron chi connectivity index (χ2n) is 4.02. The SMILES string of the molecule is Cc1ccc(F)cc1C(=O)Nc1n[nH]c(C)c1N. The Labute approximate surface area is 103 Å². The van der Waals surface area contributed by atoms with Gasteiger partial charge < -0.3 is 11.1 Å². The van der Waals surface area contributed by atoms with E-state index < -0.39 is 11.7 Å². The summed E-state index contributed by atoms with van der Waals surface area (Å²) in [5.74, 6) is -0.650. The number of carbonyl (C=O) groups excluding carboxylic acids is 1. The number of nitrogens with zero attached hydrogens (tertiary/aromatic N) is 1. The lowest BCUT2D eigenvalue weighted by Crippen LogP contribution is -2.15. The Morgan fingerprint density at radius 1 is 1.44 bits per heavy atom. The monoisotopic (exact) mass is 248 g/mol. The van der Waals surface area contributed by atoms with Crippen LogP contribution < -0.4 is 11.1 Å². The van der Waals surface area contributed by atoms with Crippen LogP contribution in [0.2, 0.25) is 0 Å². The summed E-state index contributed by atoms with van der Waals surface area (Å²) in [5, 5.41) is 9.06. The zero-order chi connectivity index (χ0) is 13.3. The number of nitrogens with one attached hydrogen (secondary N) is 2. The number of aromatic nitrogens is 2. The molecule has 18 heavy (non-hydrogen) atoms. The van der Waals surface area contributed by atoms with Crippen LogP contribution in [0.25, 0.3) is 0 Å². The van der Waals surface area contributed by atoms with E-state index in [0.29, 0.717) is 16.9 Å². The van der Waals surface area contributed by atoms with Gasteiger partial charge in [0.1, 0.15) is 5.82 Å². The van der Waals surface area contributed by atoms with E-state index in [0.717, 1.165) is 0 Å². The normalized spacial score (nSPS) is 10.4. The summed E-state index contributed by atoms with van der Waals surface area (Å²) in [7, 11) is 0. The van der Waals surface area contributed by atoms with Gasteiger partial charge in [0.25, 0.3) is 5.91 Å². The molecule has 1 heterocycles. The molecule has 0 spiro atoms. The Balaban J connectivity index is 2.27. The zero-order valence-corrected chi connectivity index (χ0v) is 10.0. The van der Waals surface area contributed by atoms with Gasteiger partial charge in [-0.2, -0.15) is 5.10 Å². The maximum Gasteiger partial charge on any atom is 0.257 e. The molecule has 1 aromatic carbocycles. The first-order valence-corrected chi connectivity index (χ1v) is 5.37. The second kappa shape index (κ2) is 4.48. The van der Waals surface area contributed by atoms with Crippen LogP contribution in [-0.2, 0) is 0 Å². The van der Waals surface area contributed by atoms with Crippen LogP contribution in [0.1, 0.15) is 21.6 Å². The summed E-state index contributed by atoms with van der Waals surface area (Å²) >= 11 is 0. The quantitative estimate of drug-likeness (QED) is 0.760. The summed E-state index contributed by atoms with van der Waals surface area (Å²) in [6.45, 7) is 3.47. The van der Waals surface area contributed by atoms with E-state index in [-0.39, 0.29) is 11.4 Å². The number of carbonyl (C=O) groups is 1. The molecule has 0 radical (unpaired) electrons. The molecule has 5 nitrogen and oxygen atoms in total. The topological polar surface area (TPSA) is 83.8 Å². The van der Waals surface area contributed by atoms with Gasteiger partial charge in [0.2, 0.25) is 0 Å². The summed E-state index contributed by atoms with van der Waals surface area (Å²) < 4.78 is 13.1. The van der Waals surface area contributed by atoms with E-state index in [1.165, 1.54) is 12.1 Å². The molecule has 0 unspecified atom stereocenters. The van der Waals surface area contributed by atoms with Crippen molar-refractivity contribution in [3.8, 4) is 0 Å². The summed E-state index contributed by atoms with van der Waals surface area (Å²) in [5.41, 5.74) is 7.69. The fraction of sp³-hybridized carbons (Fsp3) is 0.167. The number of hydrogen-bond acceptors (Lipinski definition) is 3. The number of H-pyrrole nitrogens is 1. The standard InChI is InChI=1S/C12H13FN4O/c1-6-3-4-8(13)5-9(6)12(18)15-11-10(14)7(2)16-17-11/h3-5H,14H2,1-2H3,(H2,15,16,17,18). The number of aromatic amines is 1. The number of rotatable bonds is 2. The van der Waals surface area contributed by atoms with Crippen molar-refractivity contribution in [2.45, 2.75) is 13.8 Å². The molecule has 0 fully saturated rings. The molecular formula is C12H13FN4O.